The largest absolute Gasteiger partial charge is 0.0458 e. The van der Waals surface area contributed by atoms with E-state index in [1.54, 1.807) is 25.7 Å². The molecule has 16 aliphatic carbocycles. The summed E-state index contributed by atoms with van der Waals surface area (Å²) in [5, 5.41) is 0. The molecular formula is C25H20. The Hall–Kier alpha value is 0. The van der Waals surface area contributed by atoms with Gasteiger partial charge in [-0.15, -0.1) is 0 Å². The summed E-state index contributed by atoms with van der Waals surface area (Å²) < 4.78 is 0. The summed E-state index contributed by atoms with van der Waals surface area (Å²) in [5.74, 6) is 16.1. The van der Waals surface area contributed by atoms with E-state index >= 15 is 0 Å². The third kappa shape index (κ3) is 0.223. The van der Waals surface area contributed by atoms with Gasteiger partial charge in [-0.25, -0.2) is 0 Å². The van der Waals surface area contributed by atoms with Crippen LogP contribution in [0.1, 0.15) is 25.7 Å². The van der Waals surface area contributed by atoms with E-state index in [-0.39, 0.29) is 0 Å². The van der Waals surface area contributed by atoms with Gasteiger partial charge in [-0.3, -0.25) is 0 Å². The van der Waals surface area contributed by atoms with E-state index in [4.69, 9.17) is 0 Å². The van der Waals surface area contributed by atoms with Gasteiger partial charge in [-0.05, 0) is 145 Å². The van der Waals surface area contributed by atoms with E-state index in [1.807, 2.05) is 0 Å². The molecule has 0 heterocycles. The maximum absolute atomic E-state index is 1.77. The lowest BCUT2D eigenvalue weighted by molar-refractivity contribution is -1.03. The molecular weight excluding hydrogens is 300 g/mol. The average Bonchev–Trinajstić information content (AvgIpc) is 2.45. The minimum absolute atomic E-state index is 1.10. The van der Waals surface area contributed by atoms with Gasteiger partial charge < -0.3 is 0 Å². The van der Waals surface area contributed by atoms with Crippen LogP contribution in [0.15, 0.2) is 0 Å². The van der Waals surface area contributed by atoms with Crippen molar-refractivity contribution in [1.29, 1.82) is 0 Å². The molecule has 0 radical (unpaired) electrons. The molecule has 0 N–H and O–H groups in total. The highest BCUT2D eigenvalue weighted by atomic mass is 15.5. The Morgan fingerprint density at radius 1 is 0.360 bits per heavy atom. The Kier molecular flexibility index (Phi) is 0.517. The van der Waals surface area contributed by atoms with Gasteiger partial charge in [0.15, 0.2) is 0 Å². The first kappa shape index (κ1) is 9.00. The van der Waals surface area contributed by atoms with Gasteiger partial charge in [-0.2, -0.15) is 0 Å². The highest BCUT2D eigenvalue weighted by Gasteiger charge is 3.47. The third-order valence-corrected chi connectivity index (χ3v) is 19.8. The molecule has 0 saturated heterocycles. The number of hydrogen-bond donors (Lipinski definition) is 0. The minimum Gasteiger partial charge on any atom is -0.0458 e. The van der Waals surface area contributed by atoms with Gasteiger partial charge in [0.25, 0.3) is 0 Å². The molecule has 0 amide bonds. The Morgan fingerprint density at radius 3 is 0.840 bits per heavy atom. The average molecular weight is 320 g/mol. The van der Waals surface area contributed by atoms with Gasteiger partial charge in [0.1, 0.15) is 0 Å². The van der Waals surface area contributed by atoms with Crippen LogP contribution in [0.4, 0.5) is 0 Å². The molecule has 25 heavy (non-hydrogen) atoms. The molecule has 4 unspecified atom stereocenters. The van der Waals surface area contributed by atoms with E-state index in [1.165, 1.54) is 71.0 Å². The SMILES string of the molecule is C1[C@@H]2C3[C@@H]4C[C@@H]5C6[C@@H]7C[C@@H]8C9[C@@H]%10C[C@@H]%11C%12[C@H]1C21C%122C%11%10C9%10C87C67C54C31C2%107. The number of hydrogen-bond acceptors (Lipinski definition) is 0. The lowest BCUT2D eigenvalue weighted by Crippen LogP contribution is -3.46. The normalized spacial score (nSPS) is 125. The molecule has 0 aromatic carbocycles. The Bertz CT molecular complexity index is 961. The van der Waals surface area contributed by atoms with Crippen LogP contribution < -0.4 is 0 Å². The second-order valence-corrected chi connectivity index (χ2v) is 15.4. The zero-order chi connectivity index (χ0) is 14.3. The van der Waals surface area contributed by atoms with Crippen LogP contribution in [0.3, 0.4) is 0 Å². The second-order valence-electron chi connectivity index (χ2n) is 15.4. The van der Waals surface area contributed by atoms with Gasteiger partial charge >= 0.3 is 0 Å². The molecule has 12 atom stereocenters. The van der Waals surface area contributed by atoms with Crippen LogP contribution >= 0.6 is 0 Å². The van der Waals surface area contributed by atoms with Crippen molar-refractivity contribution in [2.75, 3.05) is 0 Å². The fraction of sp³-hybridized carbons (Fsp3) is 1.00. The molecule has 120 valence electrons. The Morgan fingerprint density at radius 2 is 0.600 bits per heavy atom. The zero-order valence-corrected chi connectivity index (χ0v) is 14.3. The maximum atomic E-state index is 1.77. The summed E-state index contributed by atoms with van der Waals surface area (Å²) in [6.45, 7) is 0. The van der Waals surface area contributed by atoms with E-state index in [0.29, 0.717) is 0 Å². The quantitative estimate of drug-likeness (QED) is 0.643. The lowest BCUT2D eigenvalue weighted by atomic mass is 8.55. The highest BCUT2D eigenvalue weighted by molar-refractivity contribution is 5.92. The predicted octanol–water partition coefficient (Wildman–Crippen LogP) is 3.04. The van der Waals surface area contributed by atoms with Crippen LogP contribution in [0.25, 0.3) is 0 Å². The molecule has 0 aromatic heterocycles. The molecule has 16 fully saturated rings. The molecule has 16 aliphatic rings. The van der Waals surface area contributed by atoms with E-state index in [9.17, 15) is 0 Å². The number of rotatable bonds is 0. The van der Waals surface area contributed by atoms with Crippen molar-refractivity contribution in [1.82, 2.24) is 0 Å². The van der Waals surface area contributed by atoms with Crippen LogP contribution in [0.5, 0.6) is 0 Å². The minimum atomic E-state index is 1.10. The van der Waals surface area contributed by atoms with E-state index < -0.39 is 0 Å². The Balaban J connectivity index is 1.24. The first-order chi connectivity index (χ1) is 12.4. The molecule has 0 heteroatoms. The van der Waals surface area contributed by atoms with Crippen molar-refractivity contribution in [2.45, 2.75) is 25.7 Å². The zero-order valence-electron chi connectivity index (χ0n) is 14.3. The second kappa shape index (κ2) is 1.44. The lowest BCUT2D eigenvalue weighted by Gasteiger charge is -3.48. The van der Waals surface area contributed by atoms with Crippen molar-refractivity contribution in [2.24, 2.45) is 120 Å². The molecule has 9 spiro atoms. The molecule has 16 saturated carbocycles. The fourth-order valence-corrected chi connectivity index (χ4v) is 23.8. The summed E-state index contributed by atoms with van der Waals surface area (Å²) in [6.07, 6.45) is 7.08. The Labute approximate surface area is 145 Å². The van der Waals surface area contributed by atoms with E-state index in [2.05, 4.69) is 0 Å². The van der Waals surface area contributed by atoms with Crippen LogP contribution in [0, 0.1) is 120 Å². The third-order valence-electron chi connectivity index (χ3n) is 19.8. The summed E-state index contributed by atoms with van der Waals surface area (Å²) >= 11 is 0. The molecule has 16 rings (SSSR count). The summed E-state index contributed by atoms with van der Waals surface area (Å²) in [4.78, 5) is 0. The van der Waals surface area contributed by atoms with Crippen molar-refractivity contribution < 1.29 is 0 Å². The topological polar surface area (TPSA) is 0 Å². The molecule has 0 aliphatic heterocycles. The summed E-state index contributed by atoms with van der Waals surface area (Å²) in [7, 11) is 0. The summed E-state index contributed by atoms with van der Waals surface area (Å²) in [5.41, 5.74) is 10.0. The van der Waals surface area contributed by atoms with Gasteiger partial charge in [0.2, 0.25) is 0 Å². The van der Waals surface area contributed by atoms with Crippen molar-refractivity contribution in [3.8, 4) is 0 Å². The molecule has 0 bridgehead atoms. The van der Waals surface area contributed by atoms with Gasteiger partial charge in [0, 0.05) is 0 Å². The van der Waals surface area contributed by atoms with Crippen LogP contribution in [-0.4, -0.2) is 0 Å². The van der Waals surface area contributed by atoms with Gasteiger partial charge in [-0.1, -0.05) is 0 Å². The first-order valence-electron chi connectivity index (χ1n) is 12.4. The monoisotopic (exact) mass is 320 g/mol. The highest BCUT2D eigenvalue weighted by Crippen LogP contribution is 3.49. The van der Waals surface area contributed by atoms with Crippen LogP contribution in [0.2, 0.25) is 0 Å². The molecule has 0 nitrogen and oxygen atoms in total. The van der Waals surface area contributed by atoms with E-state index in [0.717, 1.165) is 48.7 Å². The standard InChI is InChI=1S/C25H20/c1-5-13-7-2-9-15-11-4-12-16-10-3-8-14-6(1)17(5)21(13)18(7,9)23(15)20(11,12)24(16)19(8,10)22(14,17)25(21,23)24/h5-16H,1-4H2/t5-,6+,7+,8-,9-,10+,11+,12-,13?,14?,15?,16?,17?,18?,19?,20?,21?,22?,23?,24?,25?. The van der Waals surface area contributed by atoms with Crippen molar-refractivity contribution in [3.05, 3.63) is 0 Å². The smallest absolute Gasteiger partial charge is 0.00143 e. The van der Waals surface area contributed by atoms with Crippen molar-refractivity contribution >= 4 is 0 Å². The van der Waals surface area contributed by atoms with Crippen molar-refractivity contribution in [3.63, 3.8) is 0 Å². The number of fused-ring (bicyclic) bond motifs is 8. The maximum Gasteiger partial charge on any atom is -0.00143 e. The van der Waals surface area contributed by atoms with Gasteiger partial charge in [0.05, 0.1) is 0 Å². The summed E-state index contributed by atoms with van der Waals surface area (Å²) in [6, 6.07) is 0. The van der Waals surface area contributed by atoms with Crippen LogP contribution in [-0.2, 0) is 0 Å². The molecule has 0 aromatic rings. The first-order valence-corrected chi connectivity index (χ1v) is 12.4. The fourth-order valence-electron chi connectivity index (χ4n) is 23.8. The predicted molar refractivity (Wildman–Crippen MR) is 82.2 cm³/mol.